The van der Waals surface area contributed by atoms with Crippen molar-refractivity contribution in [2.24, 2.45) is 0 Å². The highest BCUT2D eigenvalue weighted by atomic mass is 35.5. The summed E-state index contributed by atoms with van der Waals surface area (Å²) in [5.74, 6) is -1.24. The second kappa shape index (κ2) is 5.53. The predicted molar refractivity (Wildman–Crippen MR) is 84.2 cm³/mol. The van der Waals surface area contributed by atoms with Gasteiger partial charge in [0.2, 0.25) is 5.78 Å². The third-order valence-electron chi connectivity index (χ3n) is 2.88. The fourth-order valence-corrected chi connectivity index (χ4v) is 3.65. The molecule has 7 heteroatoms. The minimum absolute atomic E-state index is 0.313. The molecule has 3 aromatic rings. The van der Waals surface area contributed by atoms with Crippen LogP contribution in [-0.4, -0.2) is 15.8 Å². The number of aromatic nitrogens is 2. The summed E-state index contributed by atoms with van der Waals surface area (Å²) in [6, 6.07) is 7.36. The molecule has 0 radical (unpaired) electrons. The maximum Gasteiger partial charge on any atom is 0.206 e. The SMILES string of the molecule is Cc1nc(C(=O)[C@H](C#N)c2nc3cc(Cl)ccc3s2)cs1. The standard InChI is InChI=1S/C14H8ClN3OS2/c1-7-17-11(6-20-7)13(19)9(5-16)14-18-10-4-8(15)2-3-12(10)21-14/h2-4,6,9H,1H3/t9-/m0/s1. The zero-order chi connectivity index (χ0) is 15.0. The van der Waals surface area contributed by atoms with Crippen LogP contribution >= 0.6 is 34.3 Å². The zero-order valence-electron chi connectivity index (χ0n) is 10.8. The number of carbonyl (C=O) groups is 1. The maximum absolute atomic E-state index is 12.4. The van der Waals surface area contributed by atoms with E-state index in [-0.39, 0.29) is 5.78 Å². The molecule has 0 saturated heterocycles. The van der Waals surface area contributed by atoms with Crippen LogP contribution in [0.15, 0.2) is 23.6 Å². The van der Waals surface area contributed by atoms with Crippen LogP contribution in [0, 0.1) is 18.3 Å². The highest BCUT2D eigenvalue weighted by Crippen LogP contribution is 2.31. The molecule has 2 heterocycles. The van der Waals surface area contributed by atoms with Crippen LogP contribution < -0.4 is 0 Å². The molecule has 3 rings (SSSR count). The summed E-state index contributed by atoms with van der Waals surface area (Å²) in [4.78, 5) is 20.9. The predicted octanol–water partition coefficient (Wildman–Crippen LogP) is 4.20. The summed E-state index contributed by atoms with van der Waals surface area (Å²) in [5.41, 5.74) is 1.02. The van der Waals surface area contributed by atoms with E-state index in [1.807, 2.05) is 19.1 Å². The minimum atomic E-state index is -0.928. The van der Waals surface area contributed by atoms with Crippen molar-refractivity contribution in [1.29, 1.82) is 5.26 Å². The van der Waals surface area contributed by atoms with Gasteiger partial charge in [-0.2, -0.15) is 5.26 Å². The van der Waals surface area contributed by atoms with Crippen LogP contribution in [0.3, 0.4) is 0 Å². The van der Waals surface area contributed by atoms with Crippen molar-refractivity contribution in [3.63, 3.8) is 0 Å². The van der Waals surface area contributed by atoms with Gasteiger partial charge in [0, 0.05) is 10.4 Å². The van der Waals surface area contributed by atoms with Gasteiger partial charge >= 0.3 is 0 Å². The molecule has 104 valence electrons. The molecular formula is C14H8ClN3OS2. The average molecular weight is 334 g/mol. The molecule has 0 unspecified atom stereocenters. The number of ketones is 1. The van der Waals surface area contributed by atoms with Crippen LogP contribution in [0.1, 0.15) is 26.4 Å². The Bertz CT molecular complexity index is 878. The second-order valence-electron chi connectivity index (χ2n) is 4.34. The lowest BCUT2D eigenvalue weighted by Gasteiger charge is -2.01. The van der Waals surface area contributed by atoms with Crippen LogP contribution in [0.4, 0.5) is 0 Å². The van der Waals surface area contributed by atoms with Gasteiger partial charge in [-0.05, 0) is 25.1 Å². The van der Waals surface area contributed by atoms with Crippen molar-refractivity contribution in [2.45, 2.75) is 12.8 Å². The number of Topliss-reactive ketones (excluding diaryl/α,β-unsaturated/α-hetero) is 1. The molecule has 0 aliphatic heterocycles. The molecule has 21 heavy (non-hydrogen) atoms. The fourth-order valence-electron chi connectivity index (χ4n) is 1.89. The number of aryl methyl sites for hydroxylation is 1. The molecule has 0 fully saturated rings. The van der Waals surface area contributed by atoms with Crippen molar-refractivity contribution >= 4 is 50.3 Å². The number of hydrogen-bond acceptors (Lipinski definition) is 6. The Morgan fingerprint density at radius 2 is 2.24 bits per heavy atom. The molecule has 1 atom stereocenters. The quantitative estimate of drug-likeness (QED) is 0.673. The monoisotopic (exact) mass is 333 g/mol. The summed E-state index contributed by atoms with van der Waals surface area (Å²) in [6.45, 7) is 1.82. The minimum Gasteiger partial charge on any atom is -0.290 e. The van der Waals surface area contributed by atoms with Gasteiger partial charge in [0.15, 0.2) is 5.92 Å². The zero-order valence-corrected chi connectivity index (χ0v) is 13.2. The van der Waals surface area contributed by atoms with E-state index in [1.54, 1.807) is 17.5 Å². The molecule has 4 nitrogen and oxygen atoms in total. The number of fused-ring (bicyclic) bond motifs is 1. The van der Waals surface area contributed by atoms with Crippen molar-refractivity contribution in [1.82, 2.24) is 9.97 Å². The van der Waals surface area contributed by atoms with Crippen molar-refractivity contribution in [2.75, 3.05) is 0 Å². The Morgan fingerprint density at radius 1 is 1.43 bits per heavy atom. The van der Waals surface area contributed by atoms with E-state index in [9.17, 15) is 10.1 Å². The normalized spacial score (nSPS) is 12.2. The number of benzene rings is 1. The van der Waals surface area contributed by atoms with Crippen LogP contribution in [0.25, 0.3) is 10.2 Å². The first-order valence-electron chi connectivity index (χ1n) is 6.00. The molecule has 0 aliphatic carbocycles. The largest absolute Gasteiger partial charge is 0.290 e. The smallest absolute Gasteiger partial charge is 0.206 e. The summed E-state index contributed by atoms with van der Waals surface area (Å²) in [5, 5.41) is 12.9. The first-order valence-corrected chi connectivity index (χ1v) is 8.08. The molecular weight excluding hydrogens is 326 g/mol. The Balaban J connectivity index is 2.02. The van der Waals surface area contributed by atoms with Crippen molar-refractivity contribution < 1.29 is 4.79 Å². The number of nitriles is 1. The third-order valence-corrected chi connectivity index (χ3v) is 4.99. The number of carbonyl (C=O) groups excluding carboxylic acids is 1. The number of hydrogen-bond donors (Lipinski definition) is 0. The molecule has 0 saturated carbocycles. The fraction of sp³-hybridized carbons (Fsp3) is 0.143. The van der Waals surface area contributed by atoms with Gasteiger partial charge in [-0.25, -0.2) is 9.97 Å². The molecule has 0 N–H and O–H groups in total. The summed E-state index contributed by atoms with van der Waals surface area (Å²) >= 11 is 8.64. The summed E-state index contributed by atoms with van der Waals surface area (Å²) in [7, 11) is 0. The van der Waals surface area contributed by atoms with Crippen molar-refractivity contribution in [3.8, 4) is 6.07 Å². The van der Waals surface area contributed by atoms with E-state index in [0.717, 1.165) is 9.71 Å². The van der Waals surface area contributed by atoms with E-state index in [1.165, 1.54) is 22.7 Å². The summed E-state index contributed by atoms with van der Waals surface area (Å²) in [6.07, 6.45) is 0. The number of halogens is 1. The van der Waals surface area contributed by atoms with E-state index >= 15 is 0 Å². The van der Waals surface area contributed by atoms with Crippen LogP contribution in [0.2, 0.25) is 5.02 Å². The highest BCUT2D eigenvalue weighted by Gasteiger charge is 2.27. The Hall–Kier alpha value is -1.81. The van der Waals surface area contributed by atoms with E-state index < -0.39 is 5.92 Å². The summed E-state index contributed by atoms with van der Waals surface area (Å²) < 4.78 is 0.900. The maximum atomic E-state index is 12.4. The molecule has 0 amide bonds. The first-order chi connectivity index (χ1) is 10.1. The molecule has 2 aromatic heterocycles. The number of nitrogens with zero attached hydrogens (tertiary/aromatic N) is 3. The molecule has 0 aliphatic rings. The Kier molecular flexibility index (Phi) is 3.72. The van der Waals surface area contributed by atoms with Gasteiger partial charge in [-0.1, -0.05) is 11.6 Å². The van der Waals surface area contributed by atoms with E-state index in [0.29, 0.717) is 21.2 Å². The van der Waals surface area contributed by atoms with Gasteiger partial charge < -0.3 is 0 Å². The lowest BCUT2D eigenvalue weighted by Crippen LogP contribution is -2.11. The second-order valence-corrected chi connectivity index (χ2v) is 6.90. The van der Waals surface area contributed by atoms with E-state index in [2.05, 4.69) is 9.97 Å². The van der Waals surface area contributed by atoms with Gasteiger partial charge in [0.25, 0.3) is 0 Å². The lowest BCUT2D eigenvalue weighted by atomic mass is 10.1. The Labute approximate surface area is 133 Å². The average Bonchev–Trinajstić information content (AvgIpc) is 3.05. The lowest BCUT2D eigenvalue weighted by molar-refractivity contribution is 0.0974. The topological polar surface area (TPSA) is 66.6 Å². The first kappa shape index (κ1) is 14.1. The van der Waals surface area contributed by atoms with E-state index in [4.69, 9.17) is 11.6 Å². The van der Waals surface area contributed by atoms with Crippen molar-refractivity contribution in [3.05, 3.63) is 44.3 Å². The van der Waals surface area contributed by atoms with Gasteiger partial charge in [-0.15, -0.1) is 22.7 Å². The number of rotatable bonds is 3. The molecule has 1 aromatic carbocycles. The Morgan fingerprint density at radius 3 is 2.90 bits per heavy atom. The van der Waals surface area contributed by atoms with Gasteiger partial charge in [-0.3, -0.25) is 4.79 Å². The highest BCUT2D eigenvalue weighted by molar-refractivity contribution is 7.18. The molecule has 0 bridgehead atoms. The van der Waals surface area contributed by atoms with Crippen LogP contribution in [0.5, 0.6) is 0 Å². The number of thiazole rings is 2. The van der Waals surface area contributed by atoms with Crippen LogP contribution in [-0.2, 0) is 0 Å². The third kappa shape index (κ3) is 2.68. The van der Waals surface area contributed by atoms with Gasteiger partial charge in [0.1, 0.15) is 10.7 Å². The molecule has 0 spiro atoms. The van der Waals surface area contributed by atoms with Gasteiger partial charge in [0.05, 0.1) is 21.3 Å².